The first-order chi connectivity index (χ1) is 10.9. The zero-order chi connectivity index (χ0) is 17.0. The van der Waals surface area contributed by atoms with Gasteiger partial charge in [0.15, 0.2) is 0 Å². The number of benzene rings is 1. The zero-order valence-electron chi connectivity index (χ0n) is 13.4. The van der Waals surface area contributed by atoms with E-state index in [0.717, 1.165) is 0 Å². The van der Waals surface area contributed by atoms with E-state index in [1.807, 2.05) is 13.8 Å². The van der Waals surface area contributed by atoms with Gasteiger partial charge in [0.25, 0.3) is 0 Å². The number of anilines is 1. The standard InChI is InChI=1S/C16H20N2O5/c1-10-8-18(9-11(2)23-10)15(20)14(19)17-13-6-4-12(5-7-13)16(21)22-3/h4-7,10-11H,8-9H2,1-3H3,(H,17,19). The number of hydrogen-bond donors (Lipinski definition) is 1. The van der Waals surface area contributed by atoms with Gasteiger partial charge in [0.05, 0.1) is 24.9 Å². The highest BCUT2D eigenvalue weighted by atomic mass is 16.5. The van der Waals surface area contributed by atoms with E-state index in [0.29, 0.717) is 24.3 Å². The predicted octanol–water partition coefficient (Wildman–Crippen LogP) is 1.05. The van der Waals surface area contributed by atoms with Crippen LogP contribution in [0.2, 0.25) is 0 Å². The van der Waals surface area contributed by atoms with Crippen molar-refractivity contribution in [3.8, 4) is 0 Å². The van der Waals surface area contributed by atoms with Crippen LogP contribution in [0.15, 0.2) is 24.3 Å². The zero-order valence-corrected chi connectivity index (χ0v) is 13.4. The number of hydrogen-bond acceptors (Lipinski definition) is 5. The minimum atomic E-state index is -0.711. The number of nitrogens with one attached hydrogen (secondary N) is 1. The quantitative estimate of drug-likeness (QED) is 0.650. The van der Waals surface area contributed by atoms with Crippen LogP contribution in [0.5, 0.6) is 0 Å². The molecule has 2 atom stereocenters. The van der Waals surface area contributed by atoms with Crippen LogP contribution in [0.4, 0.5) is 5.69 Å². The van der Waals surface area contributed by atoms with Gasteiger partial charge in [0, 0.05) is 18.8 Å². The Morgan fingerprint density at radius 1 is 1.13 bits per heavy atom. The van der Waals surface area contributed by atoms with Crippen molar-refractivity contribution in [1.82, 2.24) is 4.90 Å². The minimum Gasteiger partial charge on any atom is -0.465 e. The molecule has 1 aromatic rings. The molecule has 1 heterocycles. The average Bonchev–Trinajstić information content (AvgIpc) is 2.53. The molecule has 2 amide bonds. The molecule has 7 nitrogen and oxygen atoms in total. The molecule has 0 aliphatic carbocycles. The summed E-state index contributed by atoms with van der Waals surface area (Å²) in [6.07, 6.45) is -0.204. The number of rotatable bonds is 2. The molecule has 1 aromatic carbocycles. The molecule has 1 aliphatic rings. The summed E-state index contributed by atoms with van der Waals surface area (Å²) < 4.78 is 10.1. The lowest BCUT2D eigenvalue weighted by Crippen LogP contribution is -2.51. The first kappa shape index (κ1) is 17.0. The Balaban J connectivity index is 1.98. The van der Waals surface area contributed by atoms with Crippen LogP contribution < -0.4 is 5.32 Å². The van der Waals surface area contributed by atoms with E-state index in [-0.39, 0.29) is 12.2 Å². The second-order valence-corrected chi connectivity index (χ2v) is 5.49. The van der Waals surface area contributed by atoms with Crippen LogP contribution in [0.1, 0.15) is 24.2 Å². The molecular weight excluding hydrogens is 300 g/mol. The van der Waals surface area contributed by atoms with Gasteiger partial charge in [-0.1, -0.05) is 0 Å². The summed E-state index contributed by atoms with van der Waals surface area (Å²) in [5.41, 5.74) is 0.804. The Bertz CT molecular complexity index is 589. The van der Waals surface area contributed by atoms with Crippen LogP contribution in [0.25, 0.3) is 0 Å². The lowest BCUT2D eigenvalue weighted by molar-refractivity contribution is -0.151. The van der Waals surface area contributed by atoms with Gasteiger partial charge in [-0.3, -0.25) is 9.59 Å². The topological polar surface area (TPSA) is 84.9 Å². The summed E-state index contributed by atoms with van der Waals surface area (Å²) >= 11 is 0. The van der Waals surface area contributed by atoms with Crippen molar-refractivity contribution in [2.45, 2.75) is 26.1 Å². The summed E-state index contributed by atoms with van der Waals surface area (Å²) in [5.74, 6) is -1.77. The van der Waals surface area contributed by atoms with Gasteiger partial charge < -0.3 is 19.7 Å². The van der Waals surface area contributed by atoms with E-state index in [4.69, 9.17) is 4.74 Å². The molecule has 2 unspecified atom stereocenters. The van der Waals surface area contributed by atoms with E-state index < -0.39 is 17.8 Å². The SMILES string of the molecule is COC(=O)c1ccc(NC(=O)C(=O)N2CC(C)OC(C)C2)cc1. The Labute approximate surface area is 134 Å². The molecule has 2 rings (SSSR count). The van der Waals surface area contributed by atoms with Crippen molar-refractivity contribution in [3.05, 3.63) is 29.8 Å². The van der Waals surface area contributed by atoms with E-state index in [1.54, 1.807) is 12.1 Å². The number of carbonyl (C=O) groups excluding carboxylic acids is 3. The van der Waals surface area contributed by atoms with Crippen LogP contribution in [0.3, 0.4) is 0 Å². The van der Waals surface area contributed by atoms with Crippen molar-refractivity contribution in [2.24, 2.45) is 0 Å². The fraction of sp³-hybridized carbons (Fsp3) is 0.438. The third-order valence-corrected chi connectivity index (χ3v) is 3.46. The van der Waals surface area contributed by atoms with Gasteiger partial charge in [-0.25, -0.2) is 4.79 Å². The highest BCUT2D eigenvalue weighted by Crippen LogP contribution is 2.13. The van der Waals surface area contributed by atoms with Crippen LogP contribution in [-0.2, 0) is 19.1 Å². The number of amides is 2. The molecule has 1 N–H and O–H groups in total. The smallest absolute Gasteiger partial charge is 0.337 e. The van der Waals surface area contributed by atoms with Crippen LogP contribution in [0, 0.1) is 0 Å². The Morgan fingerprint density at radius 2 is 1.70 bits per heavy atom. The van der Waals surface area contributed by atoms with Gasteiger partial charge >= 0.3 is 17.8 Å². The molecule has 0 aromatic heterocycles. The fourth-order valence-electron chi connectivity index (χ4n) is 2.48. The number of carbonyl (C=O) groups is 3. The minimum absolute atomic E-state index is 0.102. The Hall–Kier alpha value is -2.41. The molecule has 1 aliphatic heterocycles. The van der Waals surface area contributed by atoms with Crippen molar-refractivity contribution in [1.29, 1.82) is 0 Å². The molecule has 0 bridgehead atoms. The van der Waals surface area contributed by atoms with Crippen LogP contribution in [-0.4, -0.2) is 55.1 Å². The fourth-order valence-corrected chi connectivity index (χ4v) is 2.48. The normalized spacial score (nSPS) is 20.7. The van der Waals surface area contributed by atoms with Gasteiger partial charge in [0.1, 0.15) is 0 Å². The lowest BCUT2D eigenvalue weighted by atomic mass is 10.2. The Kier molecular flexibility index (Phi) is 5.33. The number of ether oxygens (including phenoxy) is 2. The maximum absolute atomic E-state index is 12.2. The maximum atomic E-state index is 12.2. The number of methoxy groups -OCH3 is 1. The summed E-state index contributed by atoms with van der Waals surface area (Å²) in [5, 5.41) is 2.53. The van der Waals surface area contributed by atoms with Crippen molar-refractivity contribution in [2.75, 3.05) is 25.5 Å². The number of esters is 1. The van der Waals surface area contributed by atoms with Gasteiger partial charge in [-0.2, -0.15) is 0 Å². The molecular formula is C16H20N2O5. The van der Waals surface area contributed by atoms with E-state index >= 15 is 0 Å². The summed E-state index contributed by atoms with van der Waals surface area (Å²) in [4.78, 5) is 37.1. The summed E-state index contributed by atoms with van der Waals surface area (Å²) in [6, 6.07) is 6.12. The number of nitrogens with zero attached hydrogens (tertiary/aromatic N) is 1. The summed E-state index contributed by atoms with van der Waals surface area (Å²) in [7, 11) is 1.29. The van der Waals surface area contributed by atoms with Gasteiger partial charge in [-0.05, 0) is 38.1 Å². The second kappa shape index (κ2) is 7.23. The van der Waals surface area contributed by atoms with Crippen molar-refractivity contribution >= 4 is 23.5 Å². The molecule has 124 valence electrons. The summed E-state index contributed by atoms with van der Waals surface area (Å²) in [6.45, 7) is 4.49. The average molecular weight is 320 g/mol. The number of morpholine rings is 1. The van der Waals surface area contributed by atoms with Crippen molar-refractivity contribution < 1.29 is 23.9 Å². The van der Waals surface area contributed by atoms with Gasteiger partial charge in [-0.15, -0.1) is 0 Å². The molecule has 23 heavy (non-hydrogen) atoms. The monoisotopic (exact) mass is 320 g/mol. The second-order valence-electron chi connectivity index (χ2n) is 5.49. The molecule has 0 saturated carbocycles. The molecule has 0 radical (unpaired) electrons. The molecule has 0 spiro atoms. The van der Waals surface area contributed by atoms with E-state index in [2.05, 4.69) is 10.1 Å². The van der Waals surface area contributed by atoms with E-state index in [9.17, 15) is 14.4 Å². The largest absolute Gasteiger partial charge is 0.465 e. The predicted molar refractivity (Wildman–Crippen MR) is 83.0 cm³/mol. The molecule has 7 heteroatoms. The van der Waals surface area contributed by atoms with E-state index in [1.165, 1.54) is 24.1 Å². The van der Waals surface area contributed by atoms with Crippen molar-refractivity contribution in [3.63, 3.8) is 0 Å². The third kappa shape index (κ3) is 4.29. The molecule has 1 fully saturated rings. The lowest BCUT2D eigenvalue weighted by Gasteiger charge is -2.34. The third-order valence-electron chi connectivity index (χ3n) is 3.46. The first-order valence-corrected chi connectivity index (χ1v) is 7.34. The molecule has 1 saturated heterocycles. The highest BCUT2D eigenvalue weighted by molar-refractivity contribution is 6.39. The first-order valence-electron chi connectivity index (χ1n) is 7.34. The van der Waals surface area contributed by atoms with Crippen LogP contribution >= 0.6 is 0 Å². The highest BCUT2D eigenvalue weighted by Gasteiger charge is 2.29. The Morgan fingerprint density at radius 3 is 2.22 bits per heavy atom. The maximum Gasteiger partial charge on any atom is 0.337 e. The van der Waals surface area contributed by atoms with Gasteiger partial charge in [0.2, 0.25) is 0 Å².